The van der Waals surface area contributed by atoms with Crippen molar-refractivity contribution in [2.75, 3.05) is 37.9 Å². The van der Waals surface area contributed by atoms with E-state index in [0.29, 0.717) is 0 Å². The number of imidazole rings is 1. The number of H-pyrrole nitrogens is 1. The number of nitrogen functional groups attached to an aromatic ring is 1. The highest BCUT2D eigenvalue weighted by atomic mass is 79.9. The molecule has 0 fully saturated rings. The van der Waals surface area contributed by atoms with E-state index in [0.717, 1.165) is 0 Å². The van der Waals surface area contributed by atoms with E-state index in [9.17, 15) is 13.9 Å². The number of fused-ring (bicyclic) bond motifs is 1. The van der Waals surface area contributed by atoms with Crippen LogP contribution in [-0.4, -0.2) is 77.3 Å². The van der Waals surface area contributed by atoms with Crippen molar-refractivity contribution < 1.29 is 38.2 Å². The van der Waals surface area contributed by atoms with Crippen molar-refractivity contribution in [1.82, 2.24) is 19.5 Å². The Bertz CT molecular complexity index is 1000. The fraction of sp³-hybridized carbons (Fsp3) is 0.583. The lowest BCUT2D eigenvalue weighted by atomic mass is 10.3. The predicted octanol–water partition coefficient (Wildman–Crippen LogP) is -0.779. The monoisotopic (exact) mass is 519 g/mol. The number of hydrogen-bond donors (Lipinski definition) is 6. The molecule has 0 aromatic carbocycles. The van der Waals surface area contributed by atoms with Gasteiger partial charge < -0.3 is 39.3 Å². The summed E-state index contributed by atoms with van der Waals surface area (Å²) in [5, 5.41) is 0. The van der Waals surface area contributed by atoms with Crippen LogP contribution in [0.15, 0.2) is 9.53 Å². The number of aromatic amines is 1. The summed E-state index contributed by atoms with van der Waals surface area (Å²) in [5.74, 6) is -0.131. The van der Waals surface area contributed by atoms with Crippen LogP contribution in [0.25, 0.3) is 11.2 Å². The van der Waals surface area contributed by atoms with Gasteiger partial charge in [0.1, 0.15) is 0 Å². The Hall–Kier alpha value is -1.15. The fourth-order valence-electron chi connectivity index (χ4n) is 2.26. The number of anilines is 1. The summed E-state index contributed by atoms with van der Waals surface area (Å²) in [5.41, 5.74) is 5.18. The average molecular weight is 520 g/mol. The van der Waals surface area contributed by atoms with Crippen LogP contribution in [0.3, 0.4) is 0 Å². The van der Waals surface area contributed by atoms with Gasteiger partial charge in [0.15, 0.2) is 15.9 Å². The molecule has 17 heteroatoms. The number of halogens is 1. The normalized spacial score (nSPS) is 13.8. The minimum atomic E-state index is -4.28. The zero-order valence-corrected chi connectivity index (χ0v) is 18.2. The molecule has 0 saturated heterocycles. The summed E-state index contributed by atoms with van der Waals surface area (Å²) in [6.45, 7) is -0.688. The topological polar surface area (TPSA) is 223 Å². The average Bonchev–Trinajstić information content (AvgIpc) is 2.86. The second-order valence-corrected chi connectivity index (χ2v) is 10.2. The minimum absolute atomic E-state index is 0.00401. The van der Waals surface area contributed by atoms with E-state index in [4.69, 9.17) is 34.8 Å². The van der Waals surface area contributed by atoms with Gasteiger partial charge in [-0.25, -0.2) is 4.98 Å². The first-order valence-corrected chi connectivity index (χ1v) is 12.4. The van der Waals surface area contributed by atoms with Crippen LogP contribution in [0.1, 0.15) is 0 Å². The molecule has 14 nitrogen and oxygen atoms in total. The van der Waals surface area contributed by atoms with Gasteiger partial charge in [0, 0.05) is 0 Å². The Kier molecular flexibility index (Phi) is 8.13. The maximum Gasteiger partial charge on any atom is 0.327 e. The molecule has 0 spiro atoms. The smallest absolute Gasteiger partial charge is 0.327 e. The fourth-order valence-corrected chi connectivity index (χ4v) is 3.46. The summed E-state index contributed by atoms with van der Waals surface area (Å²) in [7, 11) is -8.51. The van der Waals surface area contributed by atoms with Gasteiger partial charge in [0.05, 0.1) is 44.8 Å². The van der Waals surface area contributed by atoms with Crippen LogP contribution < -0.4 is 11.3 Å². The predicted molar refractivity (Wildman–Crippen MR) is 105 cm³/mol. The number of rotatable bonds is 11. The SMILES string of the molecule is Nc1nc2c(nc(Br)n2CC(COCCP(=O)(O)O)OCCP(=O)(O)O)c(=O)[nH]1. The van der Waals surface area contributed by atoms with Crippen molar-refractivity contribution in [1.29, 1.82) is 0 Å². The number of nitrogens with two attached hydrogens (primary N) is 1. The molecule has 0 saturated carbocycles. The molecule has 2 aromatic heterocycles. The summed E-state index contributed by atoms with van der Waals surface area (Å²) in [4.78, 5) is 58.0. The van der Waals surface area contributed by atoms with Gasteiger partial charge in [-0.2, -0.15) is 4.98 Å². The van der Waals surface area contributed by atoms with E-state index in [2.05, 4.69) is 30.9 Å². The van der Waals surface area contributed by atoms with Crippen LogP contribution in [-0.2, 0) is 25.1 Å². The van der Waals surface area contributed by atoms with Crippen molar-refractivity contribution in [3.8, 4) is 0 Å². The summed E-state index contributed by atoms with van der Waals surface area (Å²) in [6.07, 6.45) is -1.81. The molecular weight excluding hydrogens is 500 g/mol. The molecule has 0 aliphatic heterocycles. The molecule has 0 aliphatic rings. The Morgan fingerprint density at radius 3 is 2.38 bits per heavy atom. The van der Waals surface area contributed by atoms with E-state index < -0.39 is 39.2 Å². The van der Waals surface area contributed by atoms with Crippen molar-refractivity contribution in [2.24, 2.45) is 0 Å². The highest BCUT2D eigenvalue weighted by molar-refractivity contribution is 9.10. The molecule has 0 amide bonds. The molecule has 1 atom stereocenters. The Morgan fingerprint density at radius 2 is 1.76 bits per heavy atom. The van der Waals surface area contributed by atoms with Crippen LogP contribution >= 0.6 is 31.1 Å². The van der Waals surface area contributed by atoms with E-state index >= 15 is 0 Å². The number of nitrogens with one attached hydrogen (secondary N) is 1. The van der Waals surface area contributed by atoms with Crippen molar-refractivity contribution in [3.63, 3.8) is 0 Å². The van der Waals surface area contributed by atoms with Crippen molar-refractivity contribution in [3.05, 3.63) is 15.1 Å². The summed E-state index contributed by atoms with van der Waals surface area (Å²) in [6, 6.07) is 0. The summed E-state index contributed by atoms with van der Waals surface area (Å²) >= 11 is 3.20. The highest BCUT2D eigenvalue weighted by Gasteiger charge is 2.21. The Balaban J connectivity index is 2.16. The lowest BCUT2D eigenvalue weighted by Gasteiger charge is -2.20. The van der Waals surface area contributed by atoms with Crippen LogP contribution in [0.2, 0.25) is 0 Å². The van der Waals surface area contributed by atoms with Crippen LogP contribution in [0.5, 0.6) is 0 Å². The van der Waals surface area contributed by atoms with Crippen molar-refractivity contribution in [2.45, 2.75) is 12.6 Å². The third kappa shape index (κ3) is 7.89. The second-order valence-electron chi connectivity index (χ2n) is 5.96. The molecular formula is C12H20BrN5O9P2. The zero-order chi connectivity index (χ0) is 21.8. The third-order valence-corrected chi connectivity index (χ3v) is 5.67. The largest absolute Gasteiger partial charge is 0.378 e. The maximum atomic E-state index is 11.9. The molecule has 1 unspecified atom stereocenters. The lowest BCUT2D eigenvalue weighted by molar-refractivity contribution is -0.0166. The molecule has 2 heterocycles. The minimum Gasteiger partial charge on any atom is -0.378 e. The first kappa shape index (κ1) is 24.1. The van der Waals surface area contributed by atoms with Crippen LogP contribution in [0, 0.1) is 0 Å². The molecule has 0 bridgehead atoms. The van der Waals surface area contributed by atoms with E-state index in [1.54, 1.807) is 0 Å². The third-order valence-electron chi connectivity index (χ3n) is 3.53. The van der Waals surface area contributed by atoms with E-state index in [-0.39, 0.29) is 48.2 Å². The molecule has 0 aliphatic carbocycles. The first-order valence-electron chi connectivity index (χ1n) is 8.06. The Morgan fingerprint density at radius 1 is 1.14 bits per heavy atom. The number of ether oxygens (including phenoxy) is 2. The van der Waals surface area contributed by atoms with Crippen molar-refractivity contribution >= 4 is 48.2 Å². The van der Waals surface area contributed by atoms with E-state index in [1.807, 2.05) is 0 Å². The van der Waals surface area contributed by atoms with Gasteiger partial charge in [-0.15, -0.1) is 0 Å². The summed E-state index contributed by atoms with van der Waals surface area (Å²) < 4.78 is 34.3. The number of aromatic nitrogens is 4. The van der Waals surface area contributed by atoms with Gasteiger partial charge in [-0.1, -0.05) is 0 Å². The standard InChI is InChI=1S/C12H20BrN5O9P2/c13-11-15-8-9(16-12(14)17-10(8)19)18(11)5-7(27-2-4-29(23,24)25)6-26-1-3-28(20,21)22/h7H,1-6H2,(H2,20,21,22)(H2,23,24,25)(H3,14,16,17,19). The zero-order valence-electron chi connectivity index (χ0n) is 14.8. The van der Waals surface area contributed by atoms with Gasteiger partial charge in [-0.05, 0) is 15.9 Å². The maximum absolute atomic E-state index is 11.9. The molecule has 2 aromatic rings. The van der Waals surface area contributed by atoms with Gasteiger partial charge >= 0.3 is 15.2 Å². The van der Waals surface area contributed by atoms with Crippen LogP contribution in [0.4, 0.5) is 5.95 Å². The highest BCUT2D eigenvalue weighted by Crippen LogP contribution is 2.34. The first-order chi connectivity index (χ1) is 13.4. The van der Waals surface area contributed by atoms with Gasteiger partial charge in [-0.3, -0.25) is 18.9 Å². The van der Waals surface area contributed by atoms with Gasteiger partial charge in [0.2, 0.25) is 5.95 Å². The number of hydrogen-bond acceptors (Lipinski definition) is 8. The molecule has 2 rings (SSSR count). The molecule has 0 radical (unpaired) electrons. The molecule has 29 heavy (non-hydrogen) atoms. The lowest BCUT2D eigenvalue weighted by Crippen LogP contribution is -2.28. The number of nitrogens with zero attached hydrogens (tertiary/aromatic N) is 3. The van der Waals surface area contributed by atoms with Gasteiger partial charge in [0.25, 0.3) is 5.56 Å². The second kappa shape index (κ2) is 9.77. The van der Waals surface area contributed by atoms with E-state index in [1.165, 1.54) is 4.57 Å². The quantitative estimate of drug-likeness (QED) is 0.122. The Labute approximate surface area is 171 Å². The molecule has 164 valence electrons. The molecule has 7 N–H and O–H groups in total.